The van der Waals surface area contributed by atoms with Crippen LogP contribution in [0.2, 0.25) is 5.15 Å². The van der Waals surface area contributed by atoms with E-state index >= 15 is 0 Å². The van der Waals surface area contributed by atoms with E-state index in [1.165, 1.54) is 0 Å². The summed E-state index contributed by atoms with van der Waals surface area (Å²) in [5.41, 5.74) is 2.67. The van der Waals surface area contributed by atoms with Gasteiger partial charge in [0, 0.05) is 25.2 Å². The molecule has 1 unspecified atom stereocenters. The van der Waals surface area contributed by atoms with Crippen LogP contribution in [0, 0.1) is 6.92 Å². The number of carbonyl (C=O) groups excluding carboxylic acids is 1. The molecule has 126 valence electrons. The van der Waals surface area contributed by atoms with E-state index in [4.69, 9.17) is 16.3 Å². The maximum atomic E-state index is 12.5. The van der Waals surface area contributed by atoms with E-state index in [0.29, 0.717) is 24.8 Å². The Labute approximate surface area is 146 Å². The van der Waals surface area contributed by atoms with E-state index in [1.807, 2.05) is 37.3 Å². The Bertz CT molecular complexity index is 755. The van der Waals surface area contributed by atoms with E-state index in [9.17, 15) is 4.79 Å². The molecule has 0 saturated carbocycles. The van der Waals surface area contributed by atoms with Crippen molar-refractivity contribution in [1.29, 1.82) is 0 Å². The first kappa shape index (κ1) is 16.7. The second-order valence-electron chi connectivity index (χ2n) is 5.80. The van der Waals surface area contributed by atoms with Crippen molar-refractivity contribution < 1.29 is 9.53 Å². The van der Waals surface area contributed by atoms with Crippen molar-refractivity contribution in [2.75, 3.05) is 19.7 Å². The zero-order chi connectivity index (χ0) is 17.1. The summed E-state index contributed by atoms with van der Waals surface area (Å²) in [6, 6.07) is 9.97. The fourth-order valence-corrected chi connectivity index (χ4v) is 3.05. The number of morpholine rings is 1. The third-order valence-corrected chi connectivity index (χ3v) is 4.59. The Morgan fingerprint density at radius 2 is 2.12 bits per heavy atom. The Balaban J connectivity index is 1.69. The van der Waals surface area contributed by atoms with Crippen LogP contribution in [0.15, 0.2) is 36.4 Å². The third kappa shape index (κ3) is 3.52. The largest absolute Gasteiger partial charge is 0.370 e. The number of aryl methyl sites for hydroxylation is 2. The Hall–Kier alpha value is -2.11. The van der Waals surface area contributed by atoms with Crippen molar-refractivity contribution in [1.82, 2.24) is 14.7 Å². The van der Waals surface area contributed by atoms with Crippen molar-refractivity contribution in [3.8, 4) is 0 Å². The molecule has 1 atom stereocenters. The van der Waals surface area contributed by atoms with Crippen LogP contribution in [0.1, 0.15) is 22.9 Å². The molecule has 1 saturated heterocycles. The molecule has 24 heavy (non-hydrogen) atoms. The Morgan fingerprint density at radius 1 is 1.38 bits per heavy atom. The second-order valence-corrected chi connectivity index (χ2v) is 6.16. The number of amides is 1. The third-order valence-electron chi connectivity index (χ3n) is 4.14. The molecule has 1 aliphatic rings. The number of ether oxygens (including phenoxy) is 1. The van der Waals surface area contributed by atoms with Crippen LogP contribution in [0.3, 0.4) is 0 Å². The van der Waals surface area contributed by atoms with E-state index in [1.54, 1.807) is 28.8 Å². The van der Waals surface area contributed by atoms with Gasteiger partial charge < -0.3 is 9.64 Å². The summed E-state index contributed by atoms with van der Waals surface area (Å²) in [7, 11) is 1.78. The molecule has 1 fully saturated rings. The van der Waals surface area contributed by atoms with Gasteiger partial charge in [-0.2, -0.15) is 5.10 Å². The summed E-state index contributed by atoms with van der Waals surface area (Å²) in [6.07, 6.45) is 3.21. The number of aromatic nitrogens is 2. The smallest absolute Gasteiger partial charge is 0.246 e. The zero-order valence-electron chi connectivity index (χ0n) is 13.8. The van der Waals surface area contributed by atoms with Crippen LogP contribution >= 0.6 is 11.6 Å². The van der Waals surface area contributed by atoms with Gasteiger partial charge in [-0.05, 0) is 18.6 Å². The molecule has 0 aliphatic carbocycles. The topological polar surface area (TPSA) is 47.4 Å². The fraction of sp³-hybridized carbons (Fsp3) is 0.333. The van der Waals surface area contributed by atoms with Gasteiger partial charge in [-0.3, -0.25) is 9.48 Å². The van der Waals surface area contributed by atoms with Gasteiger partial charge in [0.25, 0.3) is 0 Å². The first-order valence-electron chi connectivity index (χ1n) is 7.89. The lowest BCUT2D eigenvalue weighted by Gasteiger charge is -2.32. The van der Waals surface area contributed by atoms with E-state index < -0.39 is 0 Å². The minimum atomic E-state index is -0.0824. The summed E-state index contributed by atoms with van der Waals surface area (Å²) < 4.78 is 7.39. The van der Waals surface area contributed by atoms with Crippen LogP contribution in [0.4, 0.5) is 0 Å². The number of rotatable bonds is 3. The van der Waals surface area contributed by atoms with Crippen LogP contribution in [-0.2, 0) is 16.6 Å². The van der Waals surface area contributed by atoms with Crippen molar-refractivity contribution in [2.24, 2.45) is 7.05 Å². The highest BCUT2D eigenvalue weighted by Crippen LogP contribution is 2.23. The predicted octanol–water partition coefficient (Wildman–Crippen LogP) is 3.00. The van der Waals surface area contributed by atoms with E-state index in [-0.39, 0.29) is 12.0 Å². The van der Waals surface area contributed by atoms with Gasteiger partial charge in [0.05, 0.1) is 18.8 Å². The molecule has 3 rings (SSSR count). The quantitative estimate of drug-likeness (QED) is 0.803. The molecule has 2 heterocycles. The lowest BCUT2D eigenvalue weighted by atomic mass is 10.1. The number of benzene rings is 1. The van der Waals surface area contributed by atoms with Crippen LogP contribution < -0.4 is 0 Å². The lowest BCUT2D eigenvalue weighted by Crippen LogP contribution is -2.41. The molecule has 5 nitrogen and oxygen atoms in total. The van der Waals surface area contributed by atoms with Crippen molar-refractivity contribution in [2.45, 2.75) is 13.0 Å². The van der Waals surface area contributed by atoms with Gasteiger partial charge in [0.2, 0.25) is 5.91 Å². The highest BCUT2D eigenvalue weighted by molar-refractivity contribution is 6.31. The average molecular weight is 346 g/mol. The summed E-state index contributed by atoms with van der Waals surface area (Å²) >= 11 is 6.19. The average Bonchev–Trinajstić information content (AvgIpc) is 2.86. The molecule has 2 aromatic rings. The van der Waals surface area contributed by atoms with Gasteiger partial charge in [0.1, 0.15) is 11.3 Å². The SMILES string of the molecule is Cc1nn(C)c(Cl)c1/C=C/C(=O)N1CCOC(c2ccccc2)C1. The first-order valence-corrected chi connectivity index (χ1v) is 8.26. The molecule has 0 N–H and O–H groups in total. The van der Waals surface area contributed by atoms with Gasteiger partial charge in [-0.15, -0.1) is 0 Å². The first-order chi connectivity index (χ1) is 11.6. The van der Waals surface area contributed by atoms with Crippen LogP contribution in [0.5, 0.6) is 0 Å². The summed E-state index contributed by atoms with van der Waals surface area (Å²) in [5.74, 6) is -0.0430. The summed E-state index contributed by atoms with van der Waals surface area (Å²) in [5, 5.41) is 4.77. The molecule has 0 radical (unpaired) electrons. The summed E-state index contributed by atoms with van der Waals surface area (Å²) in [4.78, 5) is 14.3. The minimum Gasteiger partial charge on any atom is -0.370 e. The van der Waals surface area contributed by atoms with Crippen molar-refractivity contribution in [3.63, 3.8) is 0 Å². The molecule has 0 spiro atoms. The zero-order valence-corrected chi connectivity index (χ0v) is 14.5. The number of halogens is 1. The van der Waals surface area contributed by atoms with Crippen molar-refractivity contribution in [3.05, 3.63) is 58.4 Å². The van der Waals surface area contributed by atoms with Crippen LogP contribution in [-0.4, -0.2) is 40.3 Å². The monoisotopic (exact) mass is 345 g/mol. The highest BCUT2D eigenvalue weighted by atomic mass is 35.5. The van der Waals surface area contributed by atoms with E-state index in [0.717, 1.165) is 16.8 Å². The highest BCUT2D eigenvalue weighted by Gasteiger charge is 2.24. The predicted molar refractivity (Wildman–Crippen MR) is 93.7 cm³/mol. The number of carbonyl (C=O) groups is 1. The van der Waals surface area contributed by atoms with Gasteiger partial charge in [0.15, 0.2) is 0 Å². The normalized spacial score (nSPS) is 18.3. The maximum Gasteiger partial charge on any atom is 0.246 e. The van der Waals surface area contributed by atoms with Gasteiger partial charge in [-0.25, -0.2) is 0 Å². The van der Waals surface area contributed by atoms with Crippen LogP contribution in [0.25, 0.3) is 6.08 Å². The number of hydrogen-bond acceptors (Lipinski definition) is 3. The molecular weight excluding hydrogens is 326 g/mol. The number of hydrogen-bond donors (Lipinski definition) is 0. The second kappa shape index (κ2) is 7.20. The summed E-state index contributed by atoms with van der Waals surface area (Å²) in [6.45, 7) is 3.54. The molecule has 0 bridgehead atoms. The standard InChI is InChI=1S/C18H20ClN3O2/c1-13-15(18(19)21(2)20-13)8-9-17(23)22-10-11-24-16(12-22)14-6-4-3-5-7-14/h3-9,16H,10-12H2,1-2H3/b9-8+. The Morgan fingerprint density at radius 3 is 2.79 bits per heavy atom. The van der Waals surface area contributed by atoms with Crippen molar-refractivity contribution >= 4 is 23.6 Å². The minimum absolute atomic E-state index is 0.0430. The van der Waals surface area contributed by atoms with Gasteiger partial charge in [-0.1, -0.05) is 41.9 Å². The lowest BCUT2D eigenvalue weighted by molar-refractivity contribution is -0.133. The molecular formula is C18H20ClN3O2. The number of nitrogens with zero attached hydrogens (tertiary/aromatic N) is 3. The molecule has 1 aliphatic heterocycles. The molecule has 1 amide bonds. The van der Waals surface area contributed by atoms with E-state index in [2.05, 4.69) is 5.10 Å². The Kier molecular flexibility index (Phi) is 5.02. The maximum absolute atomic E-state index is 12.5. The molecule has 1 aromatic carbocycles. The van der Waals surface area contributed by atoms with Gasteiger partial charge >= 0.3 is 0 Å². The fourth-order valence-electron chi connectivity index (χ4n) is 2.81. The molecule has 6 heteroatoms. The molecule has 1 aromatic heterocycles.